The first-order valence-electron chi connectivity index (χ1n) is 5.65. The summed E-state index contributed by atoms with van der Waals surface area (Å²) >= 11 is 0. The molecular weight excluding hydrogens is 280 g/mol. The second kappa shape index (κ2) is 5.40. The summed E-state index contributed by atoms with van der Waals surface area (Å²) in [6.45, 7) is 1.83. The number of rotatable bonds is 3. The molecular formula is C13H12N2O4S. The van der Waals surface area contributed by atoms with Crippen LogP contribution in [-0.2, 0) is 10.1 Å². The van der Waals surface area contributed by atoms with Crippen LogP contribution < -0.4 is 0 Å². The molecule has 0 heterocycles. The van der Waals surface area contributed by atoms with Gasteiger partial charge in [-0.1, -0.05) is 6.07 Å². The van der Waals surface area contributed by atoms with Crippen LogP contribution in [0.15, 0.2) is 57.6 Å². The summed E-state index contributed by atoms with van der Waals surface area (Å²) in [6.07, 6.45) is 0. The third kappa shape index (κ3) is 3.40. The van der Waals surface area contributed by atoms with Crippen LogP contribution in [0.1, 0.15) is 5.56 Å². The maximum Gasteiger partial charge on any atom is 0.294 e. The zero-order chi connectivity index (χ0) is 14.8. The monoisotopic (exact) mass is 292 g/mol. The van der Waals surface area contributed by atoms with Gasteiger partial charge in [0, 0.05) is 6.07 Å². The third-order valence-electron chi connectivity index (χ3n) is 2.60. The van der Waals surface area contributed by atoms with Crippen molar-refractivity contribution in [2.45, 2.75) is 11.8 Å². The number of hydrogen-bond acceptors (Lipinski definition) is 5. The standard InChI is InChI=1S/C13H12N2O4S/c1-9-2-5-11(16)8-13(9)15-14-10-3-6-12(7-4-10)20(17,18)19/h2-8,16H,1H3,(H,17,18,19). The Balaban J connectivity index is 2.26. The zero-order valence-corrected chi connectivity index (χ0v) is 11.4. The van der Waals surface area contributed by atoms with E-state index in [1.54, 1.807) is 12.1 Å². The van der Waals surface area contributed by atoms with Gasteiger partial charge in [0.2, 0.25) is 0 Å². The lowest BCUT2D eigenvalue weighted by molar-refractivity contribution is 0.475. The molecule has 0 aromatic heterocycles. The molecule has 0 radical (unpaired) electrons. The van der Waals surface area contributed by atoms with Crippen molar-refractivity contribution in [1.82, 2.24) is 0 Å². The maximum atomic E-state index is 10.9. The van der Waals surface area contributed by atoms with Crippen LogP contribution in [0, 0.1) is 6.92 Å². The third-order valence-corrected chi connectivity index (χ3v) is 3.47. The highest BCUT2D eigenvalue weighted by Crippen LogP contribution is 2.26. The molecule has 2 N–H and O–H groups in total. The SMILES string of the molecule is Cc1ccc(O)cc1N=Nc1ccc(S(=O)(=O)O)cc1. The number of hydrogen-bond donors (Lipinski definition) is 2. The van der Waals surface area contributed by atoms with Crippen LogP contribution in [0.4, 0.5) is 11.4 Å². The Bertz CT molecular complexity index is 752. The second-order valence-corrected chi connectivity index (χ2v) is 5.56. The summed E-state index contributed by atoms with van der Waals surface area (Å²) in [5, 5.41) is 17.3. The molecule has 20 heavy (non-hydrogen) atoms. The number of nitrogens with zero attached hydrogens (tertiary/aromatic N) is 2. The molecule has 0 saturated carbocycles. The van der Waals surface area contributed by atoms with Crippen molar-refractivity contribution < 1.29 is 18.1 Å². The minimum atomic E-state index is -4.20. The molecule has 0 unspecified atom stereocenters. The van der Waals surface area contributed by atoms with Crippen LogP contribution in [0.5, 0.6) is 5.75 Å². The minimum absolute atomic E-state index is 0.0891. The van der Waals surface area contributed by atoms with Crippen molar-refractivity contribution in [1.29, 1.82) is 0 Å². The molecule has 2 aromatic carbocycles. The van der Waals surface area contributed by atoms with E-state index in [1.807, 2.05) is 6.92 Å². The van der Waals surface area contributed by atoms with Gasteiger partial charge in [0.05, 0.1) is 16.3 Å². The van der Waals surface area contributed by atoms with E-state index in [-0.39, 0.29) is 10.6 Å². The van der Waals surface area contributed by atoms with E-state index in [9.17, 15) is 13.5 Å². The lowest BCUT2D eigenvalue weighted by atomic mass is 10.2. The topological polar surface area (TPSA) is 99.3 Å². The normalized spacial score (nSPS) is 11.9. The summed E-state index contributed by atoms with van der Waals surface area (Å²) in [7, 11) is -4.20. The molecule has 0 aliphatic heterocycles. The quantitative estimate of drug-likeness (QED) is 0.669. The molecule has 2 aromatic rings. The number of phenols is 1. The van der Waals surface area contributed by atoms with Gasteiger partial charge in [0.25, 0.3) is 10.1 Å². The average Bonchev–Trinajstić information content (AvgIpc) is 2.39. The Labute approximate surface area is 116 Å². The Morgan fingerprint density at radius 3 is 2.25 bits per heavy atom. The molecule has 6 nitrogen and oxygen atoms in total. The Morgan fingerprint density at radius 2 is 1.65 bits per heavy atom. The molecule has 0 aliphatic rings. The van der Waals surface area contributed by atoms with Gasteiger partial charge in [-0.2, -0.15) is 18.6 Å². The molecule has 0 spiro atoms. The molecule has 0 atom stereocenters. The highest BCUT2D eigenvalue weighted by molar-refractivity contribution is 7.85. The van der Waals surface area contributed by atoms with E-state index < -0.39 is 10.1 Å². The van der Waals surface area contributed by atoms with Crippen LogP contribution in [-0.4, -0.2) is 18.1 Å². The van der Waals surface area contributed by atoms with Crippen molar-refractivity contribution in [3.8, 4) is 5.75 Å². The summed E-state index contributed by atoms with van der Waals surface area (Å²) in [5.74, 6) is 0.0891. The molecule has 7 heteroatoms. The molecule has 0 saturated heterocycles. The van der Waals surface area contributed by atoms with Crippen LogP contribution in [0.25, 0.3) is 0 Å². The van der Waals surface area contributed by atoms with E-state index in [2.05, 4.69) is 10.2 Å². The minimum Gasteiger partial charge on any atom is -0.508 e. The van der Waals surface area contributed by atoms with Crippen LogP contribution >= 0.6 is 0 Å². The van der Waals surface area contributed by atoms with Gasteiger partial charge >= 0.3 is 0 Å². The fraction of sp³-hybridized carbons (Fsp3) is 0.0769. The smallest absolute Gasteiger partial charge is 0.294 e. The van der Waals surface area contributed by atoms with Gasteiger partial charge in [0.1, 0.15) is 5.75 Å². The molecule has 0 amide bonds. The van der Waals surface area contributed by atoms with Gasteiger partial charge < -0.3 is 5.11 Å². The number of phenolic OH excluding ortho intramolecular Hbond substituents is 1. The molecule has 0 fully saturated rings. The van der Waals surface area contributed by atoms with Gasteiger partial charge in [0.15, 0.2) is 0 Å². The first kappa shape index (κ1) is 14.2. The first-order chi connectivity index (χ1) is 9.36. The Kier molecular flexibility index (Phi) is 3.82. The van der Waals surface area contributed by atoms with E-state index in [0.29, 0.717) is 11.4 Å². The summed E-state index contributed by atoms with van der Waals surface area (Å²) in [5.41, 5.74) is 1.80. The average molecular weight is 292 g/mol. The van der Waals surface area contributed by atoms with E-state index >= 15 is 0 Å². The predicted molar refractivity (Wildman–Crippen MR) is 73.3 cm³/mol. The Morgan fingerprint density at radius 1 is 1.00 bits per heavy atom. The molecule has 104 valence electrons. The van der Waals surface area contributed by atoms with Gasteiger partial charge in [-0.25, -0.2) is 0 Å². The second-order valence-electron chi connectivity index (χ2n) is 4.14. The van der Waals surface area contributed by atoms with Crippen molar-refractivity contribution in [3.63, 3.8) is 0 Å². The Hall–Kier alpha value is -2.25. The summed E-state index contributed by atoms with van der Waals surface area (Å²) in [6, 6.07) is 10.1. The van der Waals surface area contributed by atoms with Gasteiger partial charge in [-0.3, -0.25) is 4.55 Å². The number of benzene rings is 2. The van der Waals surface area contributed by atoms with Gasteiger partial charge in [-0.05, 0) is 42.8 Å². The summed E-state index contributed by atoms with van der Waals surface area (Å²) < 4.78 is 30.6. The fourth-order valence-corrected chi connectivity index (χ4v) is 1.98. The molecule has 0 bridgehead atoms. The highest BCUT2D eigenvalue weighted by atomic mass is 32.2. The summed E-state index contributed by atoms with van der Waals surface area (Å²) in [4.78, 5) is -0.204. The van der Waals surface area contributed by atoms with Crippen molar-refractivity contribution >= 4 is 21.5 Å². The number of aromatic hydroxyl groups is 1. The largest absolute Gasteiger partial charge is 0.508 e. The maximum absolute atomic E-state index is 10.9. The first-order valence-corrected chi connectivity index (χ1v) is 7.09. The van der Waals surface area contributed by atoms with Crippen molar-refractivity contribution in [3.05, 3.63) is 48.0 Å². The lowest BCUT2D eigenvalue weighted by Gasteiger charge is -2.00. The number of azo groups is 1. The zero-order valence-electron chi connectivity index (χ0n) is 10.6. The highest BCUT2D eigenvalue weighted by Gasteiger charge is 2.08. The van der Waals surface area contributed by atoms with E-state index in [1.165, 1.54) is 30.3 Å². The van der Waals surface area contributed by atoms with Crippen LogP contribution in [0.2, 0.25) is 0 Å². The predicted octanol–water partition coefficient (Wildman–Crippen LogP) is 3.36. The van der Waals surface area contributed by atoms with Gasteiger partial charge in [-0.15, -0.1) is 0 Å². The van der Waals surface area contributed by atoms with Crippen LogP contribution in [0.3, 0.4) is 0 Å². The lowest BCUT2D eigenvalue weighted by Crippen LogP contribution is -1.96. The number of aryl methyl sites for hydroxylation is 1. The van der Waals surface area contributed by atoms with E-state index in [4.69, 9.17) is 4.55 Å². The van der Waals surface area contributed by atoms with Crippen molar-refractivity contribution in [2.75, 3.05) is 0 Å². The molecule has 0 aliphatic carbocycles. The van der Waals surface area contributed by atoms with E-state index in [0.717, 1.165) is 5.56 Å². The fourth-order valence-electron chi connectivity index (χ4n) is 1.50. The van der Waals surface area contributed by atoms with Crippen molar-refractivity contribution in [2.24, 2.45) is 10.2 Å². The molecule has 2 rings (SSSR count).